The number of carbonyl (C=O) groups is 2. The van der Waals surface area contributed by atoms with Crippen LogP contribution in [0.5, 0.6) is 0 Å². The molecule has 7 heteroatoms. The molecule has 0 spiro atoms. The van der Waals surface area contributed by atoms with Crippen molar-refractivity contribution >= 4 is 40.1 Å². The smallest absolute Gasteiger partial charge is 0.228 e. The van der Waals surface area contributed by atoms with Gasteiger partial charge in [0.25, 0.3) is 0 Å². The Morgan fingerprint density at radius 1 is 1.24 bits per heavy atom. The largest absolute Gasteiger partial charge is 0.326 e. The highest BCUT2D eigenvalue weighted by molar-refractivity contribution is 7.12. The molecule has 5 nitrogen and oxygen atoms in total. The van der Waals surface area contributed by atoms with Crippen LogP contribution in [0, 0.1) is 5.92 Å². The molecule has 3 aromatic rings. The number of nitrogens with zero attached hydrogens (tertiary/aromatic N) is 2. The molecule has 1 fully saturated rings. The van der Waals surface area contributed by atoms with E-state index >= 15 is 0 Å². The minimum absolute atomic E-state index is 0.0205. The van der Waals surface area contributed by atoms with E-state index in [2.05, 4.69) is 15.2 Å². The van der Waals surface area contributed by atoms with E-state index in [0.29, 0.717) is 0 Å². The first-order valence-corrected chi connectivity index (χ1v) is 11.5. The Kier molecular flexibility index (Phi) is 6.18. The quantitative estimate of drug-likeness (QED) is 0.569. The summed E-state index contributed by atoms with van der Waals surface area (Å²) < 4.78 is 0. The Balaban J connectivity index is 1.34. The predicted octanol–water partition coefficient (Wildman–Crippen LogP) is 4.92. The summed E-state index contributed by atoms with van der Waals surface area (Å²) in [4.78, 5) is 31.7. The number of rotatable bonds is 6. The molecule has 1 amide bonds. The third kappa shape index (κ3) is 4.98. The molecular formula is C22H23N3O2S2. The predicted molar refractivity (Wildman–Crippen MR) is 119 cm³/mol. The number of piperidine rings is 1. The first-order valence-electron chi connectivity index (χ1n) is 9.68. The number of benzene rings is 1. The highest BCUT2D eigenvalue weighted by atomic mass is 32.1. The normalized spacial score (nSPS) is 17.2. The Bertz CT molecular complexity index is 980. The van der Waals surface area contributed by atoms with E-state index in [-0.39, 0.29) is 17.6 Å². The molecule has 150 valence electrons. The standard InChI is InChI=1S/C22H23N3O2S2/c1-15(26)21-9-16(12-29-21)10-25-8-2-3-18(11-25)22(27)24-19-6-4-17(5-7-19)20-13-28-14-23-20/h4-7,9,12-14,18H,2-3,8,10-11H2,1H3,(H,24,27)/t18-/m0/s1. The van der Waals surface area contributed by atoms with Gasteiger partial charge in [-0.3, -0.25) is 14.5 Å². The molecule has 0 saturated carbocycles. The summed E-state index contributed by atoms with van der Waals surface area (Å²) in [6.07, 6.45) is 1.91. The molecule has 2 aromatic heterocycles. The van der Waals surface area contributed by atoms with Crippen LogP contribution >= 0.6 is 22.7 Å². The summed E-state index contributed by atoms with van der Waals surface area (Å²) in [5.74, 6) is 0.164. The number of nitrogens with one attached hydrogen (secondary N) is 1. The van der Waals surface area contributed by atoms with Crippen LogP contribution in [0.4, 0.5) is 5.69 Å². The van der Waals surface area contributed by atoms with Crippen molar-refractivity contribution in [3.05, 3.63) is 57.0 Å². The second-order valence-corrected chi connectivity index (χ2v) is 9.02. The van der Waals surface area contributed by atoms with E-state index in [4.69, 9.17) is 0 Å². The summed E-state index contributed by atoms with van der Waals surface area (Å²) in [7, 11) is 0. The van der Waals surface area contributed by atoms with Crippen molar-refractivity contribution in [2.75, 3.05) is 18.4 Å². The Labute approximate surface area is 178 Å². The van der Waals surface area contributed by atoms with Crippen LogP contribution in [0.3, 0.4) is 0 Å². The number of Topliss-reactive ketones (excluding diaryl/α,β-unsaturated/α-hetero) is 1. The zero-order chi connectivity index (χ0) is 20.2. The topological polar surface area (TPSA) is 62.3 Å². The zero-order valence-electron chi connectivity index (χ0n) is 16.3. The van der Waals surface area contributed by atoms with Gasteiger partial charge in [0.05, 0.1) is 22.0 Å². The summed E-state index contributed by atoms with van der Waals surface area (Å²) in [5.41, 5.74) is 5.79. The summed E-state index contributed by atoms with van der Waals surface area (Å²) >= 11 is 3.07. The van der Waals surface area contributed by atoms with Gasteiger partial charge in [0.2, 0.25) is 5.91 Å². The second-order valence-electron chi connectivity index (χ2n) is 7.39. The zero-order valence-corrected chi connectivity index (χ0v) is 17.9. The van der Waals surface area contributed by atoms with Gasteiger partial charge in [0.15, 0.2) is 5.78 Å². The molecule has 1 atom stereocenters. The fraction of sp³-hybridized carbons (Fsp3) is 0.318. The monoisotopic (exact) mass is 425 g/mol. The van der Waals surface area contributed by atoms with Crippen LogP contribution in [0.15, 0.2) is 46.6 Å². The van der Waals surface area contributed by atoms with Crippen molar-refractivity contribution in [1.29, 1.82) is 0 Å². The van der Waals surface area contributed by atoms with Crippen molar-refractivity contribution in [3.63, 3.8) is 0 Å². The molecule has 4 rings (SSSR count). The Hall–Kier alpha value is -2.35. The number of aromatic nitrogens is 1. The van der Waals surface area contributed by atoms with E-state index in [1.807, 2.05) is 46.6 Å². The summed E-state index contributed by atoms with van der Waals surface area (Å²) in [6.45, 7) is 4.11. The SMILES string of the molecule is CC(=O)c1cc(CN2CCC[C@H](C(=O)Nc3ccc(-c4cscn4)cc3)C2)cs1. The van der Waals surface area contributed by atoms with Crippen LogP contribution in [0.1, 0.15) is 35.0 Å². The number of hydrogen-bond donors (Lipinski definition) is 1. The number of carbonyl (C=O) groups excluding carboxylic acids is 2. The van der Waals surface area contributed by atoms with Gasteiger partial charge in [-0.25, -0.2) is 4.98 Å². The number of likely N-dealkylation sites (tertiary alicyclic amines) is 1. The lowest BCUT2D eigenvalue weighted by molar-refractivity contribution is -0.121. The molecule has 1 aromatic carbocycles. The van der Waals surface area contributed by atoms with Gasteiger partial charge in [-0.1, -0.05) is 12.1 Å². The Morgan fingerprint density at radius 2 is 2.07 bits per heavy atom. The van der Waals surface area contributed by atoms with Crippen LogP contribution < -0.4 is 5.32 Å². The molecule has 0 aliphatic carbocycles. The van der Waals surface area contributed by atoms with Gasteiger partial charge in [-0.05, 0) is 55.5 Å². The number of thiazole rings is 1. The fourth-order valence-corrected chi connectivity index (χ4v) is 5.01. The molecular weight excluding hydrogens is 402 g/mol. The average molecular weight is 426 g/mol. The van der Waals surface area contributed by atoms with E-state index in [1.54, 1.807) is 18.3 Å². The molecule has 0 bridgehead atoms. The third-order valence-electron chi connectivity index (χ3n) is 5.16. The van der Waals surface area contributed by atoms with Gasteiger partial charge >= 0.3 is 0 Å². The number of hydrogen-bond acceptors (Lipinski definition) is 6. The van der Waals surface area contributed by atoms with E-state index in [0.717, 1.165) is 59.9 Å². The van der Waals surface area contributed by atoms with Gasteiger partial charge in [0.1, 0.15) is 0 Å². The van der Waals surface area contributed by atoms with E-state index in [1.165, 1.54) is 11.3 Å². The minimum Gasteiger partial charge on any atom is -0.326 e. The summed E-state index contributed by atoms with van der Waals surface area (Å²) in [6, 6.07) is 9.81. The number of thiophene rings is 1. The minimum atomic E-state index is -0.0205. The average Bonchev–Trinajstić information content (AvgIpc) is 3.41. The van der Waals surface area contributed by atoms with Crippen LogP contribution in [-0.2, 0) is 11.3 Å². The maximum Gasteiger partial charge on any atom is 0.228 e. The lowest BCUT2D eigenvalue weighted by Crippen LogP contribution is -2.40. The fourth-order valence-electron chi connectivity index (χ4n) is 3.64. The van der Waals surface area contributed by atoms with Crippen molar-refractivity contribution in [3.8, 4) is 11.3 Å². The lowest BCUT2D eigenvalue weighted by atomic mass is 9.96. The van der Waals surface area contributed by atoms with Gasteiger partial charge in [0, 0.05) is 29.7 Å². The molecule has 1 saturated heterocycles. The second kappa shape index (κ2) is 8.98. The van der Waals surface area contributed by atoms with Crippen molar-refractivity contribution < 1.29 is 9.59 Å². The third-order valence-corrected chi connectivity index (χ3v) is 6.83. The first-order chi connectivity index (χ1) is 14.1. The van der Waals surface area contributed by atoms with Gasteiger partial charge < -0.3 is 5.32 Å². The molecule has 29 heavy (non-hydrogen) atoms. The first kappa shape index (κ1) is 19.9. The molecule has 0 radical (unpaired) electrons. The maximum absolute atomic E-state index is 12.8. The molecule has 1 aliphatic heterocycles. The maximum atomic E-state index is 12.8. The lowest BCUT2D eigenvalue weighted by Gasteiger charge is -2.31. The number of amides is 1. The number of ketones is 1. The summed E-state index contributed by atoms with van der Waals surface area (Å²) in [5, 5.41) is 7.12. The van der Waals surface area contributed by atoms with Gasteiger partial charge in [-0.2, -0.15) is 0 Å². The highest BCUT2D eigenvalue weighted by Gasteiger charge is 2.26. The van der Waals surface area contributed by atoms with Crippen molar-refractivity contribution in [2.24, 2.45) is 5.92 Å². The molecule has 1 aliphatic rings. The van der Waals surface area contributed by atoms with E-state index < -0.39 is 0 Å². The van der Waals surface area contributed by atoms with Crippen molar-refractivity contribution in [2.45, 2.75) is 26.3 Å². The number of anilines is 1. The van der Waals surface area contributed by atoms with Gasteiger partial charge in [-0.15, -0.1) is 22.7 Å². The van der Waals surface area contributed by atoms with Crippen molar-refractivity contribution in [1.82, 2.24) is 9.88 Å². The highest BCUT2D eigenvalue weighted by Crippen LogP contribution is 2.24. The van der Waals surface area contributed by atoms with Crippen LogP contribution in [0.25, 0.3) is 11.3 Å². The van der Waals surface area contributed by atoms with Crippen LogP contribution in [-0.4, -0.2) is 34.7 Å². The molecule has 3 heterocycles. The molecule has 0 unspecified atom stereocenters. The van der Waals surface area contributed by atoms with E-state index in [9.17, 15) is 9.59 Å². The van der Waals surface area contributed by atoms with Crippen LogP contribution in [0.2, 0.25) is 0 Å². The Morgan fingerprint density at radius 3 is 2.76 bits per heavy atom. The molecule has 1 N–H and O–H groups in total.